The minimum Gasteiger partial charge on any atom is -0.381 e. The molecule has 0 aromatic heterocycles. The predicted molar refractivity (Wildman–Crippen MR) is 48.8 cm³/mol. The Hall–Kier alpha value is -0.0800. The molecule has 2 fully saturated rings. The molecule has 2 rings (SSSR count). The molecule has 1 aliphatic heterocycles. The van der Waals surface area contributed by atoms with Crippen LogP contribution in [0.15, 0.2) is 0 Å². The number of ether oxygens (including phenoxy) is 1. The number of hydrogen-bond acceptors (Lipinski definition) is 2. The number of rotatable bonds is 2. The minimum absolute atomic E-state index is 0.845. The molecule has 12 heavy (non-hydrogen) atoms. The third kappa shape index (κ3) is 1.64. The highest BCUT2D eigenvalue weighted by atomic mass is 16.5. The Balaban J connectivity index is 1.72. The van der Waals surface area contributed by atoms with Crippen LogP contribution in [0.25, 0.3) is 0 Å². The predicted octanol–water partition coefficient (Wildman–Crippen LogP) is 1.40. The van der Waals surface area contributed by atoms with Crippen molar-refractivity contribution < 1.29 is 4.74 Å². The highest BCUT2D eigenvalue weighted by Gasteiger charge is 2.34. The van der Waals surface area contributed by atoms with Gasteiger partial charge in [-0.1, -0.05) is 0 Å². The topological polar surface area (TPSA) is 35.2 Å². The molecule has 0 unspecified atom stereocenters. The van der Waals surface area contributed by atoms with Gasteiger partial charge in [-0.2, -0.15) is 0 Å². The molecule has 0 radical (unpaired) electrons. The highest BCUT2D eigenvalue weighted by Crippen LogP contribution is 2.41. The summed E-state index contributed by atoms with van der Waals surface area (Å²) in [4.78, 5) is 0. The second kappa shape index (κ2) is 3.75. The Bertz CT molecular complexity index is 137. The average molecular weight is 169 g/mol. The van der Waals surface area contributed by atoms with Crippen molar-refractivity contribution in [2.45, 2.75) is 25.7 Å². The van der Waals surface area contributed by atoms with E-state index in [1.54, 1.807) is 0 Å². The summed E-state index contributed by atoms with van der Waals surface area (Å²) < 4.78 is 5.35. The number of hydrogen-bond donors (Lipinski definition) is 1. The molecule has 1 saturated carbocycles. The molecular formula is C10H19NO. The standard InChI is InChI=1S/C10H19NO/c11-7-8-5-10(6-8)9-1-3-12-4-2-9/h8-10H,1-7,11H2. The summed E-state index contributed by atoms with van der Waals surface area (Å²) in [6.45, 7) is 2.89. The van der Waals surface area contributed by atoms with Crippen molar-refractivity contribution in [3.8, 4) is 0 Å². The van der Waals surface area contributed by atoms with Gasteiger partial charge in [-0.05, 0) is 50.0 Å². The van der Waals surface area contributed by atoms with E-state index in [0.29, 0.717) is 0 Å². The Kier molecular flexibility index (Phi) is 2.66. The average Bonchev–Trinajstić information content (AvgIpc) is 2.04. The van der Waals surface area contributed by atoms with Crippen LogP contribution in [0.3, 0.4) is 0 Å². The van der Waals surface area contributed by atoms with Gasteiger partial charge in [0, 0.05) is 13.2 Å². The van der Waals surface area contributed by atoms with Crippen LogP contribution >= 0.6 is 0 Å². The van der Waals surface area contributed by atoms with E-state index in [1.165, 1.54) is 25.7 Å². The maximum Gasteiger partial charge on any atom is 0.0468 e. The molecule has 0 atom stereocenters. The number of nitrogens with two attached hydrogens (primary N) is 1. The van der Waals surface area contributed by atoms with Crippen molar-refractivity contribution in [2.24, 2.45) is 23.5 Å². The molecular weight excluding hydrogens is 150 g/mol. The highest BCUT2D eigenvalue weighted by molar-refractivity contribution is 4.85. The summed E-state index contributed by atoms with van der Waals surface area (Å²) >= 11 is 0. The zero-order valence-corrected chi connectivity index (χ0v) is 7.67. The van der Waals surface area contributed by atoms with E-state index in [0.717, 1.165) is 37.5 Å². The van der Waals surface area contributed by atoms with Gasteiger partial charge in [0.2, 0.25) is 0 Å². The van der Waals surface area contributed by atoms with E-state index < -0.39 is 0 Å². The Morgan fingerprint density at radius 3 is 2.33 bits per heavy atom. The van der Waals surface area contributed by atoms with Gasteiger partial charge in [-0.25, -0.2) is 0 Å². The first-order chi connectivity index (χ1) is 5.90. The Labute approximate surface area is 74.5 Å². The van der Waals surface area contributed by atoms with Crippen LogP contribution in [-0.4, -0.2) is 19.8 Å². The zero-order chi connectivity index (χ0) is 8.39. The SMILES string of the molecule is NCC1CC(C2CCOCC2)C1. The van der Waals surface area contributed by atoms with Gasteiger partial charge in [0.25, 0.3) is 0 Å². The third-order valence-electron chi connectivity index (χ3n) is 3.54. The van der Waals surface area contributed by atoms with Crippen molar-refractivity contribution >= 4 is 0 Å². The summed E-state index contributed by atoms with van der Waals surface area (Å²) in [6, 6.07) is 0. The summed E-state index contributed by atoms with van der Waals surface area (Å²) in [5.74, 6) is 2.79. The molecule has 2 N–H and O–H groups in total. The van der Waals surface area contributed by atoms with Crippen LogP contribution in [0.5, 0.6) is 0 Å². The summed E-state index contributed by atoms with van der Waals surface area (Å²) in [6.07, 6.45) is 5.37. The van der Waals surface area contributed by atoms with Crippen LogP contribution in [0.2, 0.25) is 0 Å². The van der Waals surface area contributed by atoms with Crippen LogP contribution in [-0.2, 0) is 4.74 Å². The smallest absolute Gasteiger partial charge is 0.0468 e. The monoisotopic (exact) mass is 169 g/mol. The molecule has 0 spiro atoms. The molecule has 0 aromatic carbocycles. The second-order valence-corrected chi connectivity index (χ2v) is 4.28. The molecule has 2 nitrogen and oxygen atoms in total. The summed E-state index contributed by atoms with van der Waals surface area (Å²) in [5.41, 5.74) is 5.60. The third-order valence-corrected chi connectivity index (χ3v) is 3.54. The second-order valence-electron chi connectivity index (χ2n) is 4.28. The van der Waals surface area contributed by atoms with Gasteiger partial charge in [0.05, 0.1) is 0 Å². The van der Waals surface area contributed by atoms with E-state index >= 15 is 0 Å². The van der Waals surface area contributed by atoms with Crippen LogP contribution in [0.4, 0.5) is 0 Å². The van der Waals surface area contributed by atoms with E-state index in [9.17, 15) is 0 Å². The van der Waals surface area contributed by atoms with Crippen molar-refractivity contribution in [3.05, 3.63) is 0 Å². The van der Waals surface area contributed by atoms with Crippen molar-refractivity contribution in [1.29, 1.82) is 0 Å². The fraction of sp³-hybridized carbons (Fsp3) is 1.00. The molecule has 0 aromatic rings. The molecule has 70 valence electrons. The maximum atomic E-state index is 5.60. The molecule has 0 amide bonds. The van der Waals surface area contributed by atoms with Crippen molar-refractivity contribution in [2.75, 3.05) is 19.8 Å². The van der Waals surface area contributed by atoms with E-state index in [2.05, 4.69) is 0 Å². The van der Waals surface area contributed by atoms with Gasteiger partial charge >= 0.3 is 0 Å². The molecule has 1 aliphatic carbocycles. The first-order valence-corrected chi connectivity index (χ1v) is 5.18. The van der Waals surface area contributed by atoms with Gasteiger partial charge in [-0.3, -0.25) is 0 Å². The van der Waals surface area contributed by atoms with E-state index in [4.69, 9.17) is 10.5 Å². The largest absolute Gasteiger partial charge is 0.381 e. The first kappa shape index (κ1) is 8.52. The quantitative estimate of drug-likeness (QED) is 0.678. The normalized spacial score (nSPS) is 37.8. The lowest BCUT2D eigenvalue weighted by Gasteiger charge is -2.41. The van der Waals surface area contributed by atoms with Crippen LogP contribution in [0.1, 0.15) is 25.7 Å². The molecule has 1 saturated heterocycles. The van der Waals surface area contributed by atoms with Gasteiger partial charge < -0.3 is 10.5 Å². The fourth-order valence-corrected chi connectivity index (χ4v) is 2.55. The Morgan fingerprint density at radius 2 is 1.75 bits per heavy atom. The van der Waals surface area contributed by atoms with Gasteiger partial charge in [-0.15, -0.1) is 0 Å². The lowest BCUT2D eigenvalue weighted by molar-refractivity contribution is 0.0142. The molecule has 2 heteroatoms. The molecule has 0 bridgehead atoms. The van der Waals surface area contributed by atoms with Gasteiger partial charge in [0.15, 0.2) is 0 Å². The lowest BCUT2D eigenvalue weighted by atomic mass is 9.66. The van der Waals surface area contributed by atoms with Crippen molar-refractivity contribution in [1.82, 2.24) is 0 Å². The Morgan fingerprint density at radius 1 is 1.08 bits per heavy atom. The summed E-state index contributed by atoms with van der Waals surface area (Å²) in [7, 11) is 0. The van der Waals surface area contributed by atoms with Crippen LogP contribution in [0, 0.1) is 17.8 Å². The fourth-order valence-electron chi connectivity index (χ4n) is 2.55. The van der Waals surface area contributed by atoms with E-state index in [-0.39, 0.29) is 0 Å². The zero-order valence-electron chi connectivity index (χ0n) is 7.67. The molecule has 1 heterocycles. The van der Waals surface area contributed by atoms with Gasteiger partial charge in [0.1, 0.15) is 0 Å². The van der Waals surface area contributed by atoms with Crippen molar-refractivity contribution in [3.63, 3.8) is 0 Å². The molecule has 2 aliphatic rings. The first-order valence-electron chi connectivity index (χ1n) is 5.18. The van der Waals surface area contributed by atoms with Crippen LogP contribution < -0.4 is 5.73 Å². The maximum absolute atomic E-state index is 5.60. The minimum atomic E-state index is 0.845. The summed E-state index contributed by atoms with van der Waals surface area (Å²) in [5, 5.41) is 0. The lowest BCUT2D eigenvalue weighted by Crippen LogP contribution is -2.36. The van der Waals surface area contributed by atoms with E-state index in [1.807, 2.05) is 0 Å².